The fraction of sp³-hybridized carbons (Fsp3) is 0.684. The second-order valence-electron chi connectivity index (χ2n) is 5.77. The first-order valence-corrected chi connectivity index (χ1v) is 8.64. The zero-order valence-electron chi connectivity index (χ0n) is 13.8. The van der Waals surface area contributed by atoms with Gasteiger partial charge in [0.25, 0.3) is 0 Å². The van der Waals surface area contributed by atoms with Crippen LogP contribution in [0.1, 0.15) is 82.9 Å². The molecule has 1 atom stereocenters. The van der Waals surface area contributed by atoms with Gasteiger partial charge >= 0.3 is 0 Å². The molecule has 0 amide bonds. The molecule has 1 aromatic rings. The van der Waals surface area contributed by atoms with E-state index in [2.05, 4.69) is 50.4 Å². The first-order valence-electron chi connectivity index (χ1n) is 8.64. The van der Waals surface area contributed by atoms with Gasteiger partial charge in [-0.2, -0.15) is 0 Å². The summed E-state index contributed by atoms with van der Waals surface area (Å²) in [6.45, 7) is 7.77. The summed E-state index contributed by atoms with van der Waals surface area (Å²) in [5.74, 6) is 0. The Hall–Kier alpha value is -0.820. The Morgan fingerprint density at radius 3 is 2.40 bits per heavy atom. The average molecular weight is 275 g/mol. The highest BCUT2D eigenvalue weighted by Crippen LogP contribution is 2.21. The third-order valence-corrected chi connectivity index (χ3v) is 4.06. The first-order chi connectivity index (χ1) is 9.81. The molecule has 0 aliphatic carbocycles. The fourth-order valence-corrected chi connectivity index (χ4v) is 2.79. The third-order valence-electron chi connectivity index (χ3n) is 4.06. The van der Waals surface area contributed by atoms with Gasteiger partial charge in [-0.15, -0.1) is 0 Å². The number of unbranched alkanes of at least 4 members (excludes halogenated alkanes) is 5. The highest BCUT2D eigenvalue weighted by molar-refractivity contribution is 5.26. The van der Waals surface area contributed by atoms with E-state index in [1.807, 2.05) is 0 Å². The number of aryl methyl sites for hydroxylation is 1. The average Bonchev–Trinajstić information content (AvgIpc) is 2.49. The van der Waals surface area contributed by atoms with E-state index < -0.39 is 0 Å². The van der Waals surface area contributed by atoms with Crippen molar-refractivity contribution in [2.75, 3.05) is 6.54 Å². The fourth-order valence-electron chi connectivity index (χ4n) is 2.79. The van der Waals surface area contributed by atoms with Crippen LogP contribution < -0.4 is 5.32 Å². The lowest BCUT2D eigenvalue weighted by molar-refractivity contribution is 0.476. The van der Waals surface area contributed by atoms with Crippen LogP contribution in [0.3, 0.4) is 0 Å². The van der Waals surface area contributed by atoms with Crippen LogP contribution in [0.15, 0.2) is 24.3 Å². The molecular formula is C19H33N. The number of rotatable bonds is 11. The van der Waals surface area contributed by atoms with E-state index in [1.165, 1.54) is 56.1 Å². The third kappa shape index (κ3) is 6.56. The van der Waals surface area contributed by atoms with Gasteiger partial charge in [-0.05, 0) is 30.5 Å². The van der Waals surface area contributed by atoms with Crippen molar-refractivity contribution in [2.24, 2.45) is 0 Å². The van der Waals surface area contributed by atoms with Crippen LogP contribution in [0.5, 0.6) is 0 Å². The molecule has 1 nitrogen and oxygen atoms in total. The van der Waals surface area contributed by atoms with Crippen LogP contribution in [-0.4, -0.2) is 6.54 Å². The van der Waals surface area contributed by atoms with Crippen LogP contribution in [0.4, 0.5) is 0 Å². The van der Waals surface area contributed by atoms with Crippen molar-refractivity contribution in [1.29, 1.82) is 0 Å². The Morgan fingerprint density at radius 2 is 1.70 bits per heavy atom. The van der Waals surface area contributed by atoms with Crippen molar-refractivity contribution in [2.45, 2.75) is 78.2 Å². The maximum absolute atomic E-state index is 3.65. The molecule has 0 saturated heterocycles. The summed E-state index contributed by atoms with van der Waals surface area (Å²) in [7, 11) is 0. The quantitative estimate of drug-likeness (QED) is 0.514. The highest BCUT2D eigenvalue weighted by atomic mass is 14.9. The van der Waals surface area contributed by atoms with Gasteiger partial charge in [-0.3, -0.25) is 0 Å². The lowest BCUT2D eigenvalue weighted by Crippen LogP contribution is -2.21. The molecule has 1 rings (SSSR count). The molecule has 1 aromatic carbocycles. The van der Waals surface area contributed by atoms with Crippen molar-refractivity contribution < 1.29 is 0 Å². The van der Waals surface area contributed by atoms with Gasteiger partial charge in [-0.1, -0.05) is 83.6 Å². The van der Waals surface area contributed by atoms with Crippen molar-refractivity contribution in [3.05, 3.63) is 35.4 Å². The number of hydrogen-bond acceptors (Lipinski definition) is 1. The van der Waals surface area contributed by atoms with E-state index in [0.717, 1.165) is 13.0 Å². The molecule has 0 aliphatic heterocycles. The van der Waals surface area contributed by atoms with E-state index in [4.69, 9.17) is 0 Å². The number of benzene rings is 1. The van der Waals surface area contributed by atoms with Crippen molar-refractivity contribution in [3.63, 3.8) is 0 Å². The Bertz CT molecular complexity index is 345. The smallest absolute Gasteiger partial charge is 0.0320 e. The molecule has 0 fully saturated rings. The molecule has 1 N–H and O–H groups in total. The Labute approximate surface area is 126 Å². The minimum Gasteiger partial charge on any atom is -0.310 e. The molecule has 1 heteroatoms. The van der Waals surface area contributed by atoms with E-state index in [1.54, 1.807) is 0 Å². The van der Waals surface area contributed by atoms with Gasteiger partial charge in [0.1, 0.15) is 0 Å². The summed E-state index contributed by atoms with van der Waals surface area (Å²) in [4.78, 5) is 0. The Morgan fingerprint density at radius 1 is 0.950 bits per heavy atom. The van der Waals surface area contributed by atoms with E-state index in [9.17, 15) is 0 Å². The van der Waals surface area contributed by atoms with Crippen LogP contribution in [-0.2, 0) is 6.42 Å². The molecule has 0 heterocycles. The van der Waals surface area contributed by atoms with Crippen LogP contribution >= 0.6 is 0 Å². The molecule has 0 spiro atoms. The minimum atomic E-state index is 0.540. The van der Waals surface area contributed by atoms with Gasteiger partial charge in [0.05, 0.1) is 0 Å². The predicted octanol–water partition coefficient (Wildman–Crippen LogP) is 5.65. The minimum absolute atomic E-state index is 0.540. The number of hydrogen-bond donors (Lipinski definition) is 1. The monoisotopic (exact) mass is 275 g/mol. The first kappa shape index (κ1) is 17.2. The molecule has 0 aromatic heterocycles. The van der Waals surface area contributed by atoms with E-state index in [-0.39, 0.29) is 0 Å². The van der Waals surface area contributed by atoms with Crippen LogP contribution in [0.2, 0.25) is 0 Å². The van der Waals surface area contributed by atoms with Gasteiger partial charge < -0.3 is 5.32 Å². The second-order valence-corrected chi connectivity index (χ2v) is 5.77. The van der Waals surface area contributed by atoms with Crippen molar-refractivity contribution >= 4 is 0 Å². The highest BCUT2D eigenvalue weighted by Gasteiger charge is 2.10. The molecular weight excluding hydrogens is 242 g/mol. The Kier molecular flexibility index (Phi) is 9.40. The summed E-state index contributed by atoms with van der Waals surface area (Å²) in [6.07, 6.45) is 10.7. The van der Waals surface area contributed by atoms with Crippen LogP contribution in [0, 0.1) is 0 Å². The van der Waals surface area contributed by atoms with Gasteiger partial charge in [0.15, 0.2) is 0 Å². The topological polar surface area (TPSA) is 12.0 Å². The molecule has 0 radical (unpaired) electrons. The SMILES string of the molecule is CCCCCCCCC(NCC)c1cccc(CC)c1. The molecule has 114 valence electrons. The lowest BCUT2D eigenvalue weighted by atomic mass is 9.97. The zero-order chi connectivity index (χ0) is 14.6. The second kappa shape index (κ2) is 10.9. The van der Waals surface area contributed by atoms with Crippen LogP contribution in [0.25, 0.3) is 0 Å². The van der Waals surface area contributed by atoms with Crippen molar-refractivity contribution in [1.82, 2.24) is 5.32 Å². The summed E-state index contributed by atoms with van der Waals surface area (Å²) < 4.78 is 0. The summed E-state index contributed by atoms with van der Waals surface area (Å²) in [5, 5.41) is 3.65. The maximum Gasteiger partial charge on any atom is 0.0320 e. The number of nitrogens with one attached hydrogen (secondary N) is 1. The molecule has 0 saturated carbocycles. The van der Waals surface area contributed by atoms with E-state index in [0.29, 0.717) is 6.04 Å². The van der Waals surface area contributed by atoms with Gasteiger partial charge in [0, 0.05) is 6.04 Å². The molecule has 20 heavy (non-hydrogen) atoms. The zero-order valence-corrected chi connectivity index (χ0v) is 13.8. The lowest BCUT2D eigenvalue weighted by Gasteiger charge is -2.19. The molecule has 0 aliphatic rings. The standard InChI is InChI=1S/C19H33N/c1-4-7-8-9-10-11-15-19(20-6-3)18-14-12-13-17(5-2)16-18/h12-14,16,19-20H,4-11,15H2,1-3H3. The Balaban J connectivity index is 2.42. The summed E-state index contributed by atoms with van der Waals surface area (Å²) in [6, 6.07) is 9.64. The normalized spacial score (nSPS) is 12.6. The van der Waals surface area contributed by atoms with Gasteiger partial charge in [0.2, 0.25) is 0 Å². The molecule has 0 bridgehead atoms. The largest absolute Gasteiger partial charge is 0.310 e. The van der Waals surface area contributed by atoms with Gasteiger partial charge in [-0.25, -0.2) is 0 Å². The summed E-state index contributed by atoms with van der Waals surface area (Å²) >= 11 is 0. The predicted molar refractivity (Wildman–Crippen MR) is 90.2 cm³/mol. The molecule has 1 unspecified atom stereocenters. The van der Waals surface area contributed by atoms with E-state index >= 15 is 0 Å². The maximum atomic E-state index is 3.65. The van der Waals surface area contributed by atoms with Crippen molar-refractivity contribution in [3.8, 4) is 0 Å². The summed E-state index contributed by atoms with van der Waals surface area (Å²) in [5.41, 5.74) is 2.92.